The van der Waals surface area contributed by atoms with E-state index < -0.39 is 0 Å². The average molecular weight is 218 g/mol. The summed E-state index contributed by atoms with van der Waals surface area (Å²) >= 11 is 0. The predicted molar refractivity (Wildman–Crippen MR) is 65.4 cm³/mol. The topological polar surface area (TPSA) is 33.4 Å². The Hall–Kier alpha value is -1.28. The Bertz CT molecular complexity index is 445. The van der Waals surface area contributed by atoms with Gasteiger partial charge in [0.05, 0.1) is 12.4 Å². The summed E-state index contributed by atoms with van der Waals surface area (Å²) in [4.78, 5) is 0. The third-order valence-corrected chi connectivity index (χ3v) is 2.88. The Balaban J connectivity index is 2.03. The Morgan fingerprint density at radius 1 is 1.31 bits per heavy atom. The van der Waals surface area contributed by atoms with Crippen LogP contribution in [-0.2, 0) is 6.42 Å². The van der Waals surface area contributed by atoms with Crippen LogP contribution >= 0.6 is 0 Å². The zero-order chi connectivity index (χ0) is 11.4. The maximum atomic E-state index is 9.83. The van der Waals surface area contributed by atoms with Crippen molar-refractivity contribution in [1.29, 1.82) is 0 Å². The van der Waals surface area contributed by atoms with E-state index in [0.29, 0.717) is 0 Å². The van der Waals surface area contributed by atoms with E-state index in [4.69, 9.17) is 4.42 Å². The van der Waals surface area contributed by atoms with Gasteiger partial charge in [-0.05, 0) is 36.6 Å². The fourth-order valence-electron chi connectivity index (χ4n) is 1.96. The molecule has 16 heavy (non-hydrogen) atoms. The minimum absolute atomic E-state index is 0.218. The summed E-state index contributed by atoms with van der Waals surface area (Å²) in [6, 6.07) is 8.05. The van der Waals surface area contributed by atoms with Crippen molar-refractivity contribution in [1.82, 2.24) is 0 Å². The Kier molecular flexibility index (Phi) is 3.62. The van der Waals surface area contributed by atoms with Crippen LogP contribution in [0, 0.1) is 0 Å². The molecular formula is C14H18O2. The molecule has 2 nitrogen and oxygen atoms in total. The maximum Gasteiger partial charge on any atom is 0.133 e. The van der Waals surface area contributed by atoms with Crippen LogP contribution in [0.3, 0.4) is 0 Å². The maximum absolute atomic E-state index is 9.83. The lowest BCUT2D eigenvalue weighted by molar-refractivity contribution is 0.162. The van der Waals surface area contributed by atoms with Crippen molar-refractivity contribution in [2.75, 3.05) is 0 Å². The van der Waals surface area contributed by atoms with Crippen molar-refractivity contribution in [3.8, 4) is 0 Å². The molecule has 1 atom stereocenters. The van der Waals surface area contributed by atoms with E-state index in [1.807, 2.05) is 18.2 Å². The van der Waals surface area contributed by atoms with Gasteiger partial charge in [-0.3, -0.25) is 0 Å². The molecule has 1 aromatic heterocycles. The van der Waals surface area contributed by atoms with E-state index >= 15 is 0 Å². The second kappa shape index (κ2) is 5.17. The number of rotatable bonds is 5. The lowest BCUT2D eigenvalue weighted by Crippen LogP contribution is -2.09. The van der Waals surface area contributed by atoms with Crippen molar-refractivity contribution in [3.05, 3.63) is 36.1 Å². The second-order valence-electron chi connectivity index (χ2n) is 4.29. The SMILES string of the molecule is CCCCC(O)Cc1ccc2occc2c1. The molecule has 0 spiro atoms. The van der Waals surface area contributed by atoms with Crippen LogP contribution in [-0.4, -0.2) is 11.2 Å². The summed E-state index contributed by atoms with van der Waals surface area (Å²) < 4.78 is 5.28. The van der Waals surface area contributed by atoms with Gasteiger partial charge in [-0.2, -0.15) is 0 Å². The molecule has 1 heterocycles. The van der Waals surface area contributed by atoms with Crippen molar-refractivity contribution in [2.45, 2.75) is 38.7 Å². The third kappa shape index (κ3) is 2.64. The van der Waals surface area contributed by atoms with Gasteiger partial charge in [-0.25, -0.2) is 0 Å². The van der Waals surface area contributed by atoms with Crippen LogP contribution < -0.4 is 0 Å². The molecule has 2 rings (SSSR count). The number of aliphatic hydroxyl groups excluding tert-OH is 1. The summed E-state index contributed by atoms with van der Waals surface area (Å²) in [5, 5.41) is 10.9. The third-order valence-electron chi connectivity index (χ3n) is 2.88. The normalized spacial score (nSPS) is 13.1. The van der Waals surface area contributed by atoms with E-state index in [2.05, 4.69) is 13.0 Å². The number of aliphatic hydroxyl groups is 1. The first-order chi connectivity index (χ1) is 7.79. The fourth-order valence-corrected chi connectivity index (χ4v) is 1.96. The molecule has 1 unspecified atom stereocenters. The standard InChI is InChI=1S/C14H18O2/c1-2-3-4-13(15)10-11-5-6-14-12(9-11)7-8-16-14/h5-9,13,15H,2-4,10H2,1H3. The first-order valence-corrected chi connectivity index (χ1v) is 5.94. The largest absolute Gasteiger partial charge is 0.464 e. The number of fused-ring (bicyclic) bond motifs is 1. The fraction of sp³-hybridized carbons (Fsp3) is 0.429. The number of hydrogen-bond acceptors (Lipinski definition) is 2. The average Bonchev–Trinajstić information content (AvgIpc) is 2.73. The van der Waals surface area contributed by atoms with E-state index in [9.17, 15) is 5.11 Å². The number of benzene rings is 1. The van der Waals surface area contributed by atoms with Crippen LogP contribution in [0.2, 0.25) is 0 Å². The van der Waals surface area contributed by atoms with Crippen LogP contribution in [0.1, 0.15) is 31.7 Å². The van der Waals surface area contributed by atoms with Crippen molar-refractivity contribution in [2.24, 2.45) is 0 Å². The molecule has 1 N–H and O–H groups in total. The molecule has 0 saturated carbocycles. The summed E-state index contributed by atoms with van der Waals surface area (Å²) in [6.07, 6.45) is 5.33. The molecule has 2 heteroatoms. The van der Waals surface area contributed by atoms with Gasteiger partial charge in [0.1, 0.15) is 5.58 Å². The Morgan fingerprint density at radius 3 is 3.00 bits per heavy atom. The summed E-state index contributed by atoms with van der Waals surface area (Å²) in [7, 11) is 0. The minimum atomic E-state index is -0.218. The van der Waals surface area contributed by atoms with Gasteiger partial charge in [-0.15, -0.1) is 0 Å². The predicted octanol–water partition coefficient (Wildman–Crippen LogP) is 3.53. The molecule has 86 valence electrons. The first kappa shape index (κ1) is 11.2. The monoisotopic (exact) mass is 218 g/mol. The zero-order valence-corrected chi connectivity index (χ0v) is 9.65. The number of furan rings is 1. The Morgan fingerprint density at radius 2 is 2.19 bits per heavy atom. The lowest BCUT2D eigenvalue weighted by Gasteiger charge is -2.09. The van der Waals surface area contributed by atoms with Gasteiger partial charge in [0, 0.05) is 5.39 Å². The molecular weight excluding hydrogens is 200 g/mol. The zero-order valence-electron chi connectivity index (χ0n) is 9.65. The van der Waals surface area contributed by atoms with E-state index in [-0.39, 0.29) is 6.10 Å². The summed E-state index contributed by atoms with van der Waals surface area (Å²) in [6.45, 7) is 2.14. The van der Waals surface area contributed by atoms with Crippen LogP contribution in [0.4, 0.5) is 0 Å². The molecule has 0 aliphatic rings. The van der Waals surface area contributed by atoms with Crippen molar-refractivity contribution >= 4 is 11.0 Å². The highest BCUT2D eigenvalue weighted by Gasteiger charge is 2.06. The molecule has 0 bridgehead atoms. The highest BCUT2D eigenvalue weighted by molar-refractivity contribution is 5.77. The van der Waals surface area contributed by atoms with Crippen LogP contribution in [0.5, 0.6) is 0 Å². The number of unbranched alkanes of at least 4 members (excludes halogenated alkanes) is 1. The first-order valence-electron chi connectivity index (χ1n) is 5.94. The molecule has 0 amide bonds. The van der Waals surface area contributed by atoms with Gasteiger partial charge in [0.15, 0.2) is 0 Å². The van der Waals surface area contributed by atoms with Gasteiger partial charge in [-0.1, -0.05) is 25.8 Å². The molecule has 0 aliphatic heterocycles. The molecule has 0 fully saturated rings. The molecule has 2 aromatic rings. The molecule has 0 radical (unpaired) electrons. The molecule has 0 aliphatic carbocycles. The highest BCUT2D eigenvalue weighted by Crippen LogP contribution is 2.18. The van der Waals surface area contributed by atoms with Crippen molar-refractivity contribution in [3.63, 3.8) is 0 Å². The smallest absolute Gasteiger partial charge is 0.133 e. The summed E-state index contributed by atoms with van der Waals surface area (Å²) in [5.74, 6) is 0. The van der Waals surface area contributed by atoms with Crippen LogP contribution in [0.15, 0.2) is 34.9 Å². The van der Waals surface area contributed by atoms with Crippen LogP contribution in [0.25, 0.3) is 11.0 Å². The highest BCUT2D eigenvalue weighted by atomic mass is 16.3. The lowest BCUT2D eigenvalue weighted by atomic mass is 10.0. The molecule has 1 aromatic carbocycles. The summed E-state index contributed by atoms with van der Waals surface area (Å²) in [5.41, 5.74) is 2.09. The number of hydrogen-bond donors (Lipinski definition) is 1. The second-order valence-corrected chi connectivity index (χ2v) is 4.29. The Labute approximate surface area is 95.9 Å². The van der Waals surface area contributed by atoms with Gasteiger partial charge < -0.3 is 9.52 Å². The molecule has 0 saturated heterocycles. The van der Waals surface area contributed by atoms with E-state index in [1.165, 1.54) is 5.56 Å². The minimum Gasteiger partial charge on any atom is -0.464 e. The van der Waals surface area contributed by atoms with Gasteiger partial charge in [0.25, 0.3) is 0 Å². The van der Waals surface area contributed by atoms with E-state index in [1.54, 1.807) is 6.26 Å². The quantitative estimate of drug-likeness (QED) is 0.832. The van der Waals surface area contributed by atoms with E-state index in [0.717, 1.165) is 36.7 Å². The van der Waals surface area contributed by atoms with Gasteiger partial charge in [0.2, 0.25) is 0 Å². The van der Waals surface area contributed by atoms with Crippen molar-refractivity contribution < 1.29 is 9.52 Å². The van der Waals surface area contributed by atoms with Gasteiger partial charge >= 0.3 is 0 Å².